The maximum absolute atomic E-state index is 12.2. The molecular weight excluding hydrogens is 414 g/mol. The molecule has 0 saturated heterocycles. The number of Topliss-reactive ketones (excluding diaryl/α,β-unsaturated/α-hetero) is 1. The monoisotopic (exact) mass is 439 g/mol. The second kappa shape index (κ2) is 10.1. The topological polar surface area (TPSA) is 132 Å². The highest BCUT2D eigenvalue weighted by Gasteiger charge is 2.30. The molecule has 1 aromatic carbocycles. The summed E-state index contributed by atoms with van der Waals surface area (Å²) in [6.45, 7) is 5.27. The molecule has 1 atom stereocenters. The Labute approximate surface area is 185 Å². The summed E-state index contributed by atoms with van der Waals surface area (Å²) in [6, 6.07) is 8.01. The zero-order valence-electron chi connectivity index (χ0n) is 18.0. The Morgan fingerprint density at radius 1 is 1.34 bits per heavy atom. The van der Waals surface area contributed by atoms with Gasteiger partial charge < -0.3 is 15.2 Å². The van der Waals surface area contributed by atoms with E-state index in [0.717, 1.165) is 35.4 Å². The van der Waals surface area contributed by atoms with E-state index in [4.69, 9.17) is 9.84 Å². The number of ketones is 1. The summed E-state index contributed by atoms with van der Waals surface area (Å²) >= 11 is 0. The number of carbonyl (C=O) groups is 2. The van der Waals surface area contributed by atoms with Crippen LogP contribution in [0.4, 0.5) is 5.69 Å². The number of carboxylic acid groups (broad SMARTS) is 1. The van der Waals surface area contributed by atoms with E-state index in [1.54, 1.807) is 18.2 Å². The molecule has 0 spiro atoms. The number of nitrogens with zero attached hydrogens (tertiary/aromatic N) is 2. The number of fused-ring (bicyclic) bond motifs is 1. The van der Waals surface area contributed by atoms with E-state index in [1.807, 2.05) is 6.92 Å². The zero-order valence-corrected chi connectivity index (χ0v) is 18.0. The van der Waals surface area contributed by atoms with Gasteiger partial charge in [0, 0.05) is 29.6 Å². The molecule has 2 aliphatic heterocycles. The maximum Gasteiger partial charge on any atom is 0.337 e. The number of pyridine rings is 1. The Morgan fingerprint density at radius 3 is 2.81 bits per heavy atom. The molecule has 0 amide bonds. The second-order valence-electron chi connectivity index (χ2n) is 7.63. The molecule has 1 unspecified atom stereocenters. The lowest BCUT2D eigenvalue weighted by Gasteiger charge is -2.27. The zero-order chi connectivity index (χ0) is 23.3. The number of nitrogens with one attached hydrogen (secondary N) is 1. The Hall–Kier alpha value is -3.59. The number of hydrogen-bond acceptors (Lipinski definition) is 7. The van der Waals surface area contributed by atoms with Gasteiger partial charge in [-0.1, -0.05) is 25.5 Å². The molecule has 168 valence electrons. The molecule has 0 bridgehead atoms. The van der Waals surface area contributed by atoms with Crippen molar-refractivity contribution in [1.82, 2.24) is 10.3 Å². The highest BCUT2D eigenvalue weighted by atomic mass is 16.6. The molecule has 3 heterocycles. The summed E-state index contributed by atoms with van der Waals surface area (Å²) in [4.78, 5) is 37.2. The van der Waals surface area contributed by atoms with Crippen LogP contribution in [0.2, 0.25) is 0 Å². The summed E-state index contributed by atoms with van der Waals surface area (Å²) in [5.74, 6) is -1.23. The van der Waals surface area contributed by atoms with Gasteiger partial charge in [0.05, 0.1) is 41.9 Å². The highest BCUT2D eigenvalue weighted by Crippen LogP contribution is 2.34. The van der Waals surface area contributed by atoms with Gasteiger partial charge in [-0.15, -0.1) is 0 Å². The van der Waals surface area contributed by atoms with Crippen LogP contribution in [-0.2, 0) is 22.7 Å². The summed E-state index contributed by atoms with van der Waals surface area (Å²) in [5.41, 5.74) is 4.76. The first-order valence-corrected chi connectivity index (χ1v) is 10.3. The van der Waals surface area contributed by atoms with Gasteiger partial charge in [-0.3, -0.25) is 19.9 Å². The molecule has 0 fully saturated rings. The van der Waals surface area contributed by atoms with Gasteiger partial charge in [-0.25, -0.2) is 4.79 Å². The first-order valence-electron chi connectivity index (χ1n) is 10.3. The van der Waals surface area contributed by atoms with E-state index in [1.165, 1.54) is 18.3 Å². The Balaban J connectivity index is 0.000000204. The van der Waals surface area contributed by atoms with E-state index in [2.05, 4.69) is 17.2 Å². The van der Waals surface area contributed by atoms with Crippen molar-refractivity contribution in [2.24, 2.45) is 0 Å². The van der Waals surface area contributed by atoms with Gasteiger partial charge in [0.2, 0.25) is 0 Å². The first-order chi connectivity index (χ1) is 15.3. The third kappa shape index (κ3) is 5.17. The van der Waals surface area contributed by atoms with Crippen molar-refractivity contribution in [1.29, 1.82) is 0 Å². The third-order valence-electron chi connectivity index (χ3n) is 5.42. The molecule has 2 aromatic rings. The van der Waals surface area contributed by atoms with E-state index < -0.39 is 10.9 Å². The summed E-state index contributed by atoms with van der Waals surface area (Å²) in [7, 11) is 0. The lowest BCUT2D eigenvalue weighted by Crippen LogP contribution is -2.34. The lowest BCUT2D eigenvalue weighted by molar-refractivity contribution is -0.384. The van der Waals surface area contributed by atoms with Crippen LogP contribution in [0.3, 0.4) is 0 Å². The molecule has 2 aliphatic rings. The van der Waals surface area contributed by atoms with Gasteiger partial charge >= 0.3 is 5.97 Å². The number of hydrogen-bond donors (Lipinski definition) is 2. The Kier molecular flexibility index (Phi) is 7.32. The predicted octanol–water partition coefficient (Wildman–Crippen LogP) is 3.73. The van der Waals surface area contributed by atoms with Gasteiger partial charge in [-0.2, -0.15) is 0 Å². The fourth-order valence-corrected chi connectivity index (χ4v) is 3.82. The number of allylic oxidation sites excluding steroid dienone is 2. The minimum Gasteiger partial charge on any atom is -0.478 e. The average molecular weight is 439 g/mol. The molecule has 4 rings (SSSR count). The van der Waals surface area contributed by atoms with Gasteiger partial charge in [0.15, 0.2) is 5.78 Å². The van der Waals surface area contributed by atoms with Crippen molar-refractivity contribution in [2.45, 2.75) is 45.8 Å². The molecule has 0 radical (unpaired) electrons. The quantitative estimate of drug-likeness (QED) is 0.532. The number of aromatic nitrogens is 1. The number of benzene rings is 1. The number of aromatic carboxylic acids is 1. The van der Waals surface area contributed by atoms with Crippen LogP contribution in [-0.4, -0.2) is 33.3 Å². The first kappa shape index (κ1) is 23.1. The molecule has 9 nitrogen and oxygen atoms in total. The summed E-state index contributed by atoms with van der Waals surface area (Å²) < 4.78 is 5.09. The molecule has 9 heteroatoms. The van der Waals surface area contributed by atoms with Crippen LogP contribution in [0, 0.1) is 10.1 Å². The normalized spacial score (nSPS) is 17.2. The Morgan fingerprint density at radius 2 is 2.12 bits per heavy atom. The van der Waals surface area contributed by atoms with Crippen LogP contribution in [0.25, 0.3) is 0 Å². The third-order valence-corrected chi connectivity index (χ3v) is 5.42. The summed E-state index contributed by atoms with van der Waals surface area (Å²) in [6.07, 6.45) is 3.11. The van der Waals surface area contributed by atoms with Crippen LogP contribution < -0.4 is 5.32 Å². The predicted molar refractivity (Wildman–Crippen MR) is 116 cm³/mol. The molecule has 0 aliphatic carbocycles. The number of carbonyl (C=O) groups excluding carboxylic acids is 1. The highest BCUT2D eigenvalue weighted by molar-refractivity contribution is 5.92. The number of carboxylic acids is 1. The molecule has 1 aromatic heterocycles. The van der Waals surface area contributed by atoms with Crippen molar-refractivity contribution in [2.75, 3.05) is 6.54 Å². The van der Waals surface area contributed by atoms with Gasteiger partial charge in [0.25, 0.3) is 5.69 Å². The number of ether oxygens (including phenoxy) is 1. The minimum atomic E-state index is -0.947. The number of nitro benzene ring substituents is 1. The smallest absolute Gasteiger partial charge is 0.337 e. The molecule has 2 N–H and O–H groups in total. The second-order valence-corrected chi connectivity index (χ2v) is 7.63. The largest absolute Gasteiger partial charge is 0.478 e. The molecular formula is C23H25N3O6. The van der Waals surface area contributed by atoms with E-state index in [-0.39, 0.29) is 29.5 Å². The summed E-state index contributed by atoms with van der Waals surface area (Å²) in [5, 5.41) is 22.6. The van der Waals surface area contributed by atoms with Crippen molar-refractivity contribution < 1.29 is 24.4 Å². The van der Waals surface area contributed by atoms with Gasteiger partial charge in [-0.05, 0) is 30.5 Å². The lowest BCUT2D eigenvalue weighted by atomic mass is 9.82. The van der Waals surface area contributed by atoms with E-state index in [0.29, 0.717) is 18.8 Å². The SMILES string of the molecule is CCCC1=C(C)NCC(=O)C1c1cccc([N+](=O)[O-])c1.O=C(O)c1cnc2c(c1)COC2. The van der Waals surface area contributed by atoms with Crippen LogP contribution >= 0.6 is 0 Å². The van der Waals surface area contributed by atoms with Crippen LogP contribution in [0.1, 0.15) is 59.8 Å². The van der Waals surface area contributed by atoms with E-state index in [9.17, 15) is 19.7 Å². The maximum atomic E-state index is 12.2. The number of nitro groups is 1. The number of non-ortho nitro benzene ring substituents is 1. The van der Waals surface area contributed by atoms with Gasteiger partial charge in [0.1, 0.15) is 0 Å². The van der Waals surface area contributed by atoms with Crippen LogP contribution in [0.15, 0.2) is 47.8 Å². The van der Waals surface area contributed by atoms with Crippen molar-refractivity contribution >= 4 is 17.4 Å². The average Bonchev–Trinajstić information content (AvgIpc) is 3.25. The molecule has 32 heavy (non-hydrogen) atoms. The standard InChI is InChI=1S/C15H18N2O3.C8H7NO3/c1-3-5-13-10(2)16-9-14(18)15(13)11-6-4-7-12(8-11)17(19)20;10-8(11)5-1-6-3-12-4-7(6)9-2-5/h4,6-8,15-16H,3,5,9H2,1-2H3;1-2H,3-4H2,(H,10,11). The van der Waals surface area contributed by atoms with E-state index >= 15 is 0 Å². The van der Waals surface area contributed by atoms with Crippen LogP contribution in [0.5, 0.6) is 0 Å². The number of rotatable bonds is 5. The Bertz CT molecular complexity index is 1080. The van der Waals surface area contributed by atoms with Crippen molar-refractivity contribution in [3.63, 3.8) is 0 Å². The van der Waals surface area contributed by atoms with Crippen molar-refractivity contribution in [3.05, 3.63) is 80.3 Å². The fourth-order valence-electron chi connectivity index (χ4n) is 3.82. The van der Waals surface area contributed by atoms with Crippen molar-refractivity contribution in [3.8, 4) is 0 Å². The minimum absolute atomic E-state index is 0.0299. The molecule has 0 saturated carbocycles. The fraction of sp³-hybridized carbons (Fsp3) is 0.348.